The lowest BCUT2D eigenvalue weighted by Crippen LogP contribution is -2.29. The number of nitrogens with zero attached hydrogens (tertiary/aromatic N) is 1. The maximum Gasteiger partial charge on any atom is 0.227 e. The average molecular weight is 419 g/mol. The highest BCUT2D eigenvalue weighted by Crippen LogP contribution is 2.34. The van der Waals surface area contributed by atoms with Crippen molar-refractivity contribution in [2.45, 2.75) is 19.3 Å². The summed E-state index contributed by atoms with van der Waals surface area (Å²) in [6.45, 7) is 0.553. The van der Waals surface area contributed by atoms with Gasteiger partial charge in [0.05, 0.1) is 5.02 Å². The first kappa shape index (κ1) is 22.5. The van der Waals surface area contributed by atoms with Crippen LogP contribution in [0.2, 0.25) is 5.02 Å². The van der Waals surface area contributed by atoms with E-state index < -0.39 is 0 Å². The molecule has 8 heteroatoms. The van der Waals surface area contributed by atoms with Gasteiger partial charge in [0, 0.05) is 24.0 Å². The second kappa shape index (κ2) is 10.6. The minimum Gasteiger partial charge on any atom is -0.456 e. The number of benzene rings is 1. The van der Waals surface area contributed by atoms with Crippen molar-refractivity contribution < 1.29 is 9.53 Å². The number of hydrogen-bond donors (Lipinski definition) is 2. The molecule has 26 heavy (non-hydrogen) atoms. The molecule has 0 spiro atoms. The van der Waals surface area contributed by atoms with Gasteiger partial charge >= 0.3 is 0 Å². The van der Waals surface area contributed by atoms with Crippen molar-refractivity contribution >= 4 is 48.0 Å². The van der Waals surface area contributed by atoms with Crippen molar-refractivity contribution in [2.75, 3.05) is 11.9 Å². The number of nitrogens with two attached hydrogens (primary N) is 1. The zero-order chi connectivity index (χ0) is 16.9. The van der Waals surface area contributed by atoms with Crippen LogP contribution in [0.5, 0.6) is 11.5 Å². The molecule has 1 heterocycles. The standard InChI is InChI=1S/C18H20ClN3O2.2ClH/c19-16-10-13(22-18(23)15-3-1-2-12(15)11-20)4-5-17(16)24-14-6-8-21-9-7-14;;/h4-10,12,15H,1-3,11,20H2,(H,22,23);2*1H/t12-,15-;;/m1../s1. The van der Waals surface area contributed by atoms with Crippen molar-refractivity contribution in [3.05, 3.63) is 47.7 Å². The van der Waals surface area contributed by atoms with E-state index in [4.69, 9.17) is 22.1 Å². The smallest absolute Gasteiger partial charge is 0.227 e. The van der Waals surface area contributed by atoms with Crippen LogP contribution in [-0.4, -0.2) is 17.4 Å². The summed E-state index contributed by atoms with van der Waals surface area (Å²) in [5, 5.41) is 3.37. The van der Waals surface area contributed by atoms with Crippen molar-refractivity contribution in [1.29, 1.82) is 0 Å². The fourth-order valence-electron chi connectivity index (χ4n) is 3.09. The largest absolute Gasteiger partial charge is 0.456 e. The highest BCUT2D eigenvalue weighted by Gasteiger charge is 2.31. The Labute approximate surface area is 170 Å². The Bertz CT molecular complexity index is 716. The summed E-state index contributed by atoms with van der Waals surface area (Å²) in [5.74, 6) is 1.46. The van der Waals surface area contributed by atoms with Gasteiger partial charge in [-0.25, -0.2) is 0 Å². The number of aromatic nitrogens is 1. The molecule has 1 aliphatic carbocycles. The Hall–Kier alpha value is -1.53. The molecule has 0 saturated heterocycles. The quantitative estimate of drug-likeness (QED) is 0.739. The van der Waals surface area contributed by atoms with E-state index >= 15 is 0 Å². The number of rotatable bonds is 5. The predicted octanol–water partition coefficient (Wildman–Crippen LogP) is 4.68. The normalized spacial score (nSPS) is 18.4. The molecule has 3 rings (SSSR count). The van der Waals surface area contributed by atoms with Crippen molar-refractivity contribution in [1.82, 2.24) is 4.98 Å². The molecule has 2 aromatic rings. The van der Waals surface area contributed by atoms with Gasteiger partial charge in [-0.15, -0.1) is 24.8 Å². The van der Waals surface area contributed by atoms with Crippen LogP contribution in [0.25, 0.3) is 0 Å². The zero-order valence-electron chi connectivity index (χ0n) is 14.1. The summed E-state index contributed by atoms with van der Waals surface area (Å²) < 4.78 is 5.70. The van der Waals surface area contributed by atoms with E-state index in [0.717, 1.165) is 19.3 Å². The second-order valence-corrected chi connectivity index (χ2v) is 6.36. The topological polar surface area (TPSA) is 77.2 Å². The van der Waals surface area contributed by atoms with Crippen molar-refractivity contribution in [2.24, 2.45) is 17.6 Å². The molecule has 0 unspecified atom stereocenters. The third kappa shape index (κ3) is 5.48. The first-order valence-electron chi connectivity index (χ1n) is 8.05. The molecule has 1 aromatic carbocycles. The SMILES string of the molecule is Cl.Cl.NC[C@H]1CCC[C@H]1C(=O)Nc1ccc(Oc2ccncc2)c(Cl)c1. The number of amides is 1. The maximum absolute atomic E-state index is 12.4. The highest BCUT2D eigenvalue weighted by molar-refractivity contribution is 6.32. The van der Waals surface area contributed by atoms with E-state index in [0.29, 0.717) is 28.8 Å². The number of hydrogen-bond acceptors (Lipinski definition) is 4. The predicted molar refractivity (Wildman–Crippen MR) is 109 cm³/mol. The minimum atomic E-state index is -0.0125. The van der Waals surface area contributed by atoms with Gasteiger partial charge in [-0.1, -0.05) is 18.0 Å². The van der Waals surface area contributed by atoms with Crippen LogP contribution in [-0.2, 0) is 4.79 Å². The van der Waals surface area contributed by atoms with Gasteiger partial charge in [0.2, 0.25) is 5.91 Å². The van der Waals surface area contributed by atoms with Crippen LogP contribution in [0.4, 0.5) is 5.69 Å². The van der Waals surface area contributed by atoms with Crippen LogP contribution < -0.4 is 15.8 Å². The molecule has 0 radical (unpaired) electrons. The van der Waals surface area contributed by atoms with Crippen LogP contribution in [0.3, 0.4) is 0 Å². The number of anilines is 1. The van der Waals surface area contributed by atoms with E-state index in [1.807, 2.05) is 0 Å². The summed E-state index contributed by atoms with van der Waals surface area (Å²) in [7, 11) is 0. The van der Waals surface area contributed by atoms with E-state index in [1.54, 1.807) is 42.7 Å². The molecule has 1 fully saturated rings. The number of carbonyl (C=O) groups is 1. The average Bonchev–Trinajstić information content (AvgIpc) is 3.07. The van der Waals surface area contributed by atoms with E-state index in [1.165, 1.54) is 0 Å². The molecular formula is C18H22Cl3N3O2. The summed E-state index contributed by atoms with van der Waals surface area (Å²) in [4.78, 5) is 16.4. The number of halogens is 3. The Morgan fingerprint density at radius 1 is 1.23 bits per heavy atom. The first-order chi connectivity index (χ1) is 11.7. The van der Waals surface area contributed by atoms with Gasteiger partial charge in [-0.05, 0) is 55.6 Å². The van der Waals surface area contributed by atoms with E-state index in [-0.39, 0.29) is 42.6 Å². The van der Waals surface area contributed by atoms with Gasteiger partial charge in [0.25, 0.3) is 0 Å². The summed E-state index contributed by atoms with van der Waals surface area (Å²) in [6.07, 6.45) is 6.26. The fraction of sp³-hybridized carbons (Fsp3) is 0.333. The Morgan fingerprint density at radius 3 is 2.62 bits per heavy atom. The summed E-state index contributed by atoms with van der Waals surface area (Å²) in [6, 6.07) is 8.72. The van der Waals surface area contributed by atoms with Crippen LogP contribution in [0.1, 0.15) is 19.3 Å². The highest BCUT2D eigenvalue weighted by atomic mass is 35.5. The summed E-state index contributed by atoms with van der Waals surface area (Å²) in [5.41, 5.74) is 6.41. The first-order valence-corrected chi connectivity index (χ1v) is 8.43. The maximum atomic E-state index is 12.4. The molecule has 5 nitrogen and oxygen atoms in total. The van der Waals surface area contributed by atoms with Gasteiger partial charge in [-0.2, -0.15) is 0 Å². The number of nitrogens with one attached hydrogen (secondary N) is 1. The van der Waals surface area contributed by atoms with Gasteiger partial charge < -0.3 is 15.8 Å². The third-order valence-corrected chi connectivity index (χ3v) is 4.67. The molecular weight excluding hydrogens is 397 g/mol. The fourth-order valence-corrected chi connectivity index (χ4v) is 3.31. The van der Waals surface area contributed by atoms with Gasteiger partial charge in [0.15, 0.2) is 0 Å². The van der Waals surface area contributed by atoms with Crippen molar-refractivity contribution in [3.63, 3.8) is 0 Å². The van der Waals surface area contributed by atoms with Crippen LogP contribution >= 0.6 is 36.4 Å². The zero-order valence-corrected chi connectivity index (χ0v) is 16.4. The van der Waals surface area contributed by atoms with E-state index in [2.05, 4.69) is 10.3 Å². The van der Waals surface area contributed by atoms with Gasteiger partial charge in [-0.3, -0.25) is 9.78 Å². The molecule has 1 saturated carbocycles. The molecule has 142 valence electrons. The summed E-state index contributed by atoms with van der Waals surface area (Å²) >= 11 is 6.27. The lowest BCUT2D eigenvalue weighted by Gasteiger charge is -2.17. The van der Waals surface area contributed by atoms with Gasteiger partial charge in [0.1, 0.15) is 11.5 Å². The second-order valence-electron chi connectivity index (χ2n) is 5.95. The lowest BCUT2D eigenvalue weighted by molar-refractivity contribution is -0.120. The number of pyridine rings is 1. The molecule has 3 N–H and O–H groups in total. The molecule has 0 aliphatic heterocycles. The lowest BCUT2D eigenvalue weighted by atomic mass is 9.95. The van der Waals surface area contributed by atoms with Crippen molar-refractivity contribution in [3.8, 4) is 11.5 Å². The van der Waals surface area contributed by atoms with Crippen LogP contribution in [0.15, 0.2) is 42.7 Å². The monoisotopic (exact) mass is 417 g/mol. The number of carbonyl (C=O) groups excluding carboxylic acids is 1. The Kier molecular flexibility index (Phi) is 9.16. The Balaban J connectivity index is 0.00000169. The molecule has 0 bridgehead atoms. The van der Waals surface area contributed by atoms with Crippen LogP contribution in [0, 0.1) is 11.8 Å². The Morgan fingerprint density at radius 2 is 1.96 bits per heavy atom. The van der Waals surface area contributed by atoms with E-state index in [9.17, 15) is 4.79 Å². The molecule has 1 amide bonds. The molecule has 1 aromatic heterocycles. The number of ether oxygens (including phenoxy) is 1. The minimum absolute atomic E-state index is 0. The molecule has 2 atom stereocenters. The third-order valence-electron chi connectivity index (χ3n) is 4.38. The molecule has 1 aliphatic rings.